The molecule has 1 aliphatic carbocycles. The summed E-state index contributed by atoms with van der Waals surface area (Å²) in [6.45, 7) is 4.73. The Kier molecular flexibility index (Phi) is 8.57. The zero-order chi connectivity index (χ0) is 22.1. The quantitative estimate of drug-likeness (QED) is 0.611. The van der Waals surface area contributed by atoms with Gasteiger partial charge in [-0.1, -0.05) is 50.2 Å². The Morgan fingerprint density at radius 1 is 1.10 bits per heavy atom. The molecule has 0 radical (unpaired) electrons. The molecule has 3 N–H and O–H groups in total. The van der Waals surface area contributed by atoms with Gasteiger partial charge in [-0.3, -0.25) is 4.79 Å². The van der Waals surface area contributed by atoms with Crippen molar-refractivity contribution in [1.29, 1.82) is 0 Å². The van der Waals surface area contributed by atoms with Crippen molar-refractivity contribution in [3.63, 3.8) is 0 Å². The van der Waals surface area contributed by atoms with E-state index in [2.05, 4.69) is 5.32 Å². The summed E-state index contributed by atoms with van der Waals surface area (Å²) in [7, 11) is 1.66. The maximum atomic E-state index is 11.9. The summed E-state index contributed by atoms with van der Waals surface area (Å²) in [4.78, 5) is 22.7. The van der Waals surface area contributed by atoms with Crippen LogP contribution in [0.25, 0.3) is 0 Å². The maximum Gasteiger partial charge on any atom is 0.335 e. The predicted molar refractivity (Wildman–Crippen MR) is 115 cm³/mol. The van der Waals surface area contributed by atoms with E-state index in [-0.39, 0.29) is 23.6 Å². The molecule has 30 heavy (non-hydrogen) atoms. The molecular formula is C24H31NO5. The Labute approximate surface area is 177 Å². The first-order chi connectivity index (χ1) is 14.3. The fraction of sp³-hybridized carbons (Fsp3) is 0.417. The zero-order valence-electron chi connectivity index (χ0n) is 17.9. The number of hydrogen-bond acceptors (Lipinski definition) is 4. The summed E-state index contributed by atoms with van der Waals surface area (Å²) >= 11 is 0. The van der Waals surface area contributed by atoms with E-state index in [1.54, 1.807) is 31.4 Å². The Hall–Kier alpha value is -2.70. The van der Waals surface area contributed by atoms with Crippen molar-refractivity contribution in [1.82, 2.24) is 5.32 Å². The molecule has 1 fully saturated rings. The first-order valence-electron chi connectivity index (χ1n) is 10.1. The number of hydrogen-bond donors (Lipinski definition) is 3. The highest BCUT2D eigenvalue weighted by atomic mass is 16.5. The fourth-order valence-corrected chi connectivity index (χ4v) is 3.22. The average molecular weight is 414 g/mol. The number of aromatic carboxylic acids is 1. The standard InChI is InChI=1S/C15H19NO3.C9H12O2/c1-10(2)9-13(17)16-15(7-8-15)12-5-3-11(4-6-12)14(18)19;1-11-7-9-4-2-3-8(5-9)6-10/h3-6,10H,7-9H2,1-2H3,(H,16,17)(H,18,19);2-5,10H,6-7H2,1H3. The first kappa shape index (κ1) is 23.6. The van der Waals surface area contributed by atoms with E-state index in [4.69, 9.17) is 14.9 Å². The molecule has 0 bridgehead atoms. The molecular weight excluding hydrogens is 382 g/mol. The summed E-state index contributed by atoms with van der Waals surface area (Å²) in [6.07, 6.45) is 2.36. The molecule has 0 atom stereocenters. The summed E-state index contributed by atoms with van der Waals surface area (Å²) in [5.74, 6) is -0.528. The van der Waals surface area contributed by atoms with E-state index < -0.39 is 5.97 Å². The van der Waals surface area contributed by atoms with Crippen molar-refractivity contribution in [2.75, 3.05) is 7.11 Å². The Morgan fingerprint density at radius 2 is 1.73 bits per heavy atom. The highest BCUT2D eigenvalue weighted by Crippen LogP contribution is 2.45. The smallest absolute Gasteiger partial charge is 0.335 e. The van der Waals surface area contributed by atoms with E-state index in [0.717, 1.165) is 29.5 Å². The monoisotopic (exact) mass is 413 g/mol. The second kappa shape index (κ2) is 10.9. The average Bonchev–Trinajstić information content (AvgIpc) is 3.49. The molecule has 0 spiro atoms. The number of methoxy groups -OCH3 is 1. The molecule has 0 aromatic heterocycles. The molecule has 0 unspecified atom stereocenters. The number of carbonyl (C=O) groups excluding carboxylic acids is 1. The number of carboxylic acids is 1. The minimum atomic E-state index is -0.930. The molecule has 0 saturated heterocycles. The molecule has 1 aliphatic rings. The molecule has 6 heteroatoms. The zero-order valence-corrected chi connectivity index (χ0v) is 17.9. The summed E-state index contributed by atoms with van der Waals surface area (Å²) in [5, 5.41) is 20.7. The first-order valence-corrected chi connectivity index (χ1v) is 10.1. The van der Waals surface area contributed by atoms with E-state index >= 15 is 0 Å². The summed E-state index contributed by atoms with van der Waals surface area (Å²) in [5.41, 5.74) is 3.03. The number of benzene rings is 2. The van der Waals surface area contributed by atoms with Crippen molar-refractivity contribution in [2.24, 2.45) is 5.92 Å². The molecule has 1 amide bonds. The number of ether oxygens (including phenoxy) is 1. The Bertz CT molecular complexity index is 841. The SMILES string of the molecule is CC(C)CC(=O)NC1(c2ccc(C(=O)O)cc2)CC1.COCc1cccc(CO)c1. The van der Waals surface area contributed by atoms with Gasteiger partial charge in [0.15, 0.2) is 0 Å². The van der Waals surface area contributed by atoms with Crippen LogP contribution in [0.3, 0.4) is 0 Å². The Balaban J connectivity index is 0.000000248. The lowest BCUT2D eigenvalue weighted by molar-refractivity contribution is -0.122. The molecule has 3 rings (SSSR count). The van der Waals surface area contributed by atoms with Crippen LogP contribution < -0.4 is 5.32 Å². The molecule has 2 aromatic carbocycles. The van der Waals surface area contributed by atoms with Crippen LogP contribution in [0.2, 0.25) is 0 Å². The van der Waals surface area contributed by atoms with Crippen LogP contribution in [0.4, 0.5) is 0 Å². The third-order valence-corrected chi connectivity index (χ3v) is 4.89. The van der Waals surface area contributed by atoms with Gasteiger partial charge in [0.2, 0.25) is 5.91 Å². The minimum absolute atomic E-state index is 0.0646. The van der Waals surface area contributed by atoms with Crippen molar-refractivity contribution >= 4 is 11.9 Å². The molecule has 162 valence electrons. The lowest BCUT2D eigenvalue weighted by atomic mass is 10.0. The van der Waals surface area contributed by atoms with E-state index in [1.807, 2.05) is 38.1 Å². The largest absolute Gasteiger partial charge is 0.478 e. The van der Waals surface area contributed by atoms with Crippen molar-refractivity contribution in [2.45, 2.75) is 51.9 Å². The third-order valence-electron chi connectivity index (χ3n) is 4.89. The van der Waals surface area contributed by atoms with Gasteiger partial charge in [0, 0.05) is 13.5 Å². The second-order valence-corrected chi connectivity index (χ2v) is 8.02. The highest BCUT2D eigenvalue weighted by Gasteiger charge is 2.45. The molecule has 6 nitrogen and oxygen atoms in total. The van der Waals surface area contributed by atoms with Gasteiger partial charge in [0.05, 0.1) is 24.3 Å². The van der Waals surface area contributed by atoms with Crippen LogP contribution in [-0.2, 0) is 28.3 Å². The summed E-state index contributed by atoms with van der Waals surface area (Å²) in [6, 6.07) is 14.5. The third kappa shape index (κ3) is 6.97. The number of carboxylic acid groups (broad SMARTS) is 1. The van der Waals surface area contributed by atoms with Gasteiger partial charge in [-0.15, -0.1) is 0 Å². The number of amides is 1. The van der Waals surface area contributed by atoms with Crippen molar-refractivity contribution in [3.05, 3.63) is 70.8 Å². The number of nitrogens with one attached hydrogen (secondary N) is 1. The van der Waals surface area contributed by atoms with Crippen LogP contribution in [0, 0.1) is 5.92 Å². The van der Waals surface area contributed by atoms with Gasteiger partial charge in [-0.05, 0) is 47.6 Å². The van der Waals surface area contributed by atoms with Gasteiger partial charge >= 0.3 is 5.97 Å². The van der Waals surface area contributed by atoms with E-state index in [1.165, 1.54) is 0 Å². The van der Waals surface area contributed by atoms with Crippen LogP contribution in [-0.4, -0.2) is 29.2 Å². The van der Waals surface area contributed by atoms with E-state index in [9.17, 15) is 9.59 Å². The highest BCUT2D eigenvalue weighted by molar-refractivity contribution is 5.87. The topological polar surface area (TPSA) is 95.9 Å². The Morgan fingerprint density at radius 3 is 2.23 bits per heavy atom. The van der Waals surface area contributed by atoms with Crippen LogP contribution in [0.15, 0.2) is 48.5 Å². The van der Waals surface area contributed by atoms with E-state index in [0.29, 0.717) is 18.9 Å². The number of carbonyl (C=O) groups is 2. The van der Waals surface area contributed by atoms with Crippen molar-refractivity contribution in [3.8, 4) is 0 Å². The minimum Gasteiger partial charge on any atom is -0.478 e. The lowest BCUT2D eigenvalue weighted by Gasteiger charge is -2.19. The molecule has 0 aliphatic heterocycles. The fourth-order valence-electron chi connectivity index (χ4n) is 3.22. The van der Waals surface area contributed by atoms with Crippen molar-refractivity contribution < 1.29 is 24.5 Å². The van der Waals surface area contributed by atoms with Gasteiger partial charge < -0.3 is 20.3 Å². The second-order valence-electron chi connectivity index (χ2n) is 8.02. The number of rotatable bonds is 8. The van der Waals surface area contributed by atoms with Gasteiger partial charge in [-0.25, -0.2) is 4.79 Å². The van der Waals surface area contributed by atoms with Gasteiger partial charge in [0.1, 0.15) is 0 Å². The number of aliphatic hydroxyl groups excluding tert-OH is 1. The molecule has 2 aromatic rings. The normalized spacial score (nSPS) is 13.9. The van der Waals surface area contributed by atoms with Crippen LogP contribution in [0.1, 0.15) is 60.2 Å². The predicted octanol–water partition coefficient (Wildman–Crippen LogP) is 3.86. The maximum absolute atomic E-state index is 11.9. The molecule has 0 heterocycles. The van der Waals surface area contributed by atoms with Crippen LogP contribution in [0.5, 0.6) is 0 Å². The lowest BCUT2D eigenvalue weighted by Crippen LogP contribution is -2.35. The number of aliphatic hydroxyl groups is 1. The van der Waals surface area contributed by atoms with Gasteiger partial charge in [-0.2, -0.15) is 0 Å². The van der Waals surface area contributed by atoms with Crippen LogP contribution >= 0.6 is 0 Å². The van der Waals surface area contributed by atoms with Gasteiger partial charge in [0.25, 0.3) is 0 Å². The summed E-state index contributed by atoms with van der Waals surface area (Å²) < 4.78 is 4.95. The molecule has 1 saturated carbocycles.